The number of H-pyrrole nitrogens is 1. The van der Waals surface area contributed by atoms with Gasteiger partial charge in [0.1, 0.15) is 0 Å². The number of nitrogens with zero attached hydrogens (tertiary/aromatic N) is 3. The molecule has 4 aromatic rings. The second-order valence-corrected chi connectivity index (χ2v) is 7.11. The van der Waals surface area contributed by atoms with Crippen molar-refractivity contribution in [2.45, 2.75) is 32.4 Å². The van der Waals surface area contributed by atoms with Gasteiger partial charge in [-0.25, -0.2) is 9.78 Å². The second-order valence-electron chi connectivity index (χ2n) is 7.11. The molecule has 1 amide bonds. The Morgan fingerprint density at radius 1 is 1.07 bits per heavy atom. The van der Waals surface area contributed by atoms with Gasteiger partial charge in [-0.1, -0.05) is 43.3 Å². The van der Waals surface area contributed by atoms with E-state index in [-0.39, 0.29) is 36.0 Å². The van der Waals surface area contributed by atoms with E-state index in [1.165, 1.54) is 4.68 Å². The molecule has 8 heteroatoms. The Balaban J connectivity index is 1.51. The van der Waals surface area contributed by atoms with Crippen molar-refractivity contribution < 1.29 is 4.79 Å². The first kappa shape index (κ1) is 19.5. The standard InChI is InChI=1S/C22H21N5O3/c1-2-15(13-27-22(30)16-8-4-3-7-14(16)12-23-27)24-20(28)11-19-17-9-5-6-10-18(17)21(29)26-25-19/h3-10,12,15H,2,11,13H2,1H3,(H,24,28)(H,26,29)/t15-/m0/s1. The Morgan fingerprint density at radius 3 is 2.53 bits per heavy atom. The first-order valence-corrected chi connectivity index (χ1v) is 9.77. The molecule has 0 saturated heterocycles. The number of nitrogens with one attached hydrogen (secondary N) is 2. The smallest absolute Gasteiger partial charge is 0.274 e. The molecule has 30 heavy (non-hydrogen) atoms. The predicted octanol–water partition coefficient (Wildman–Crippen LogP) is 1.77. The van der Waals surface area contributed by atoms with E-state index in [2.05, 4.69) is 20.6 Å². The molecule has 8 nitrogen and oxygen atoms in total. The Kier molecular flexibility index (Phi) is 5.38. The molecule has 152 valence electrons. The van der Waals surface area contributed by atoms with Crippen LogP contribution in [0.2, 0.25) is 0 Å². The van der Waals surface area contributed by atoms with E-state index in [9.17, 15) is 14.4 Å². The molecular formula is C22H21N5O3. The molecule has 2 aromatic carbocycles. The zero-order valence-electron chi connectivity index (χ0n) is 16.5. The molecule has 0 aliphatic rings. The summed E-state index contributed by atoms with van der Waals surface area (Å²) < 4.78 is 1.38. The molecule has 0 unspecified atom stereocenters. The number of aromatic nitrogens is 4. The van der Waals surface area contributed by atoms with Gasteiger partial charge in [-0.05, 0) is 18.6 Å². The topological polar surface area (TPSA) is 110 Å². The molecular weight excluding hydrogens is 382 g/mol. The molecule has 0 saturated carbocycles. The maximum Gasteiger partial charge on any atom is 0.274 e. The Morgan fingerprint density at radius 2 is 1.77 bits per heavy atom. The van der Waals surface area contributed by atoms with E-state index in [0.29, 0.717) is 28.3 Å². The van der Waals surface area contributed by atoms with E-state index in [1.807, 2.05) is 25.1 Å². The van der Waals surface area contributed by atoms with Crippen LogP contribution in [0.5, 0.6) is 0 Å². The predicted molar refractivity (Wildman–Crippen MR) is 114 cm³/mol. The number of amides is 1. The van der Waals surface area contributed by atoms with Gasteiger partial charge < -0.3 is 5.32 Å². The van der Waals surface area contributed by atoms with Crippen molar-refractivity contribution in [3.8, 4) is 0 Å². The minimum Gasteiger partial charge on any atom is -0.351 e. The van der Waals surface area contributed by atoms with Gasteiger partial charge >= 0.3 is 0 Å². The van der Waals surface area contributed by atoms with E-state index in [1.54, 1.807) is 36.5 Å². The highest BCUT2D eigenvalue weighted by atomic mass is 16.2. The van der Waals surface area contributed by atoms with Crippen LogP contribution in [0.15, 0.2) is 64.3 Å². The molecule has 0 spiro atoms. The molecule has 0 aliphatic carbocycles. The van der Waals surface area contributed by atoms with Gasteiger partial charge in [-0.3, -0.25) is 14.4 Å². The van der Waals surface area contributed by atoms with Crippen LogP contribution >= 0.6 is 0 Å². The van der Waals surface area contributed by atoms with Crippen LogP contribution in [-0.2, 0) is 17.8 Å². The lowest BCUT2D eigenvalue weighted by atomic mass is 10.1. The fourth-order valence-electron chi connectivity index (χ4n) is 3.48. The lowest BCUT2D eigenvalue weighted by molar-refractivity contribution is -0.121. The van der Waals surface area contributed by atoms with Crippen molar-refractivity contribution in [2.75, 3.05) is 0 Å². The highest BCUT2D eigenvalue weighted by molar-refractivity contribution is 5.88. The summed E-state index contributed by atoms with van der Waals surface area (Å²) in [6, 6.07) is 14.1. The molecule has 0 bridgehead atoms. The summed E-state index contributed by atoms with van der Waals surface area (Å²) in [7, 11) is 0. The molecule has 2 heterocycles. The van der Waals surface area contributed by atoms with Crippen molar-refractivity contribution in [1.29, 1.82) is 0 Å². The molecule has 0 radical (unpaired) electrons. The fraction of sp³-hybridized carbons (Fsp3) is 0.227. The summed E-state index contributed by atoms with van der Waals surface area (Å²) in [6.07, 6.45) is 2.31. The normalized spacial score (nSPS) is 12.2. The van der Waals surface area contributed by atoms with Gasteiger partial charge in [0.05, 0.1) is 35.6 Å². The summed E-state index contributed by atoms with van der Waals surface area (Å²) in [5, 5.41) is 16.2. The van der Waals surface area contributed by atoms with E-state index in [4.69, 9.17) is 0 Å². The van der Waals surface area contributed by atoms with Gasteiger partial charge in [0.15, 0.2) is 0 Å². The van der Waals surface area contributed by atoms with Gasteiger partial charge in [0, 0.05) is 16.8 Å². The summed E-state index contributed by atoms with van der Waals surface area (Å²) >= 11 is 0. The number of fused-ring (bicyclic) bond motifs is 2. The zero-order valence-corrected chi connectivity index (χ0v) is 16.5. The number of carbonyl (C=O) groups excluding carboxylic acids is 1. The van der Waals surface area contributed by atoms with E-state index in [0.717, 1.165) is 5.39 Å². The number of benzene rings is 2. The molecule has 1 atom stereocenters. The van der Waals surface area contributed by atoms with Crippen LogP contribution in [0, 0.1) is 0 Å². The molecule has 4 rings (SSSR count). The minimum atomic E-state index is -0.289. The first-order valence-electron chi connectivity index (χ1n) is 9.77. The third kappa shape index (κ3) is 3.84. The summed E-state index contributed by atoms with van der Waals surface area (Å²) in [4.78, 5) is 37.2. The second kappa shape index (κ2) is 8.28. The third-order valence-corrected chi connectivity index (χ3v) is 5.12. The van der Waals surface area contributed by atoms with E-state index < -0.39 is 0 Å². The average Bonchev–Trinajstić information content (AvgIpc) is 2.77. The van der Waals surface area contributed by atoms with Crippen molar-refractivity contribution in [3.63, 3.8) is 0 Å². The number of carbonyl (C=O) groups is 1. The van der Waals surface area contributed by atoms with Crippen LogP contribution in [0.4, 0.5) is 0 Å². The van der Waals surface area contributed by atoms with Gasteiger partial charge in [0.25, 0.3) is 11.1 Å². The lowest BCUT2D eigenvalue weighted by Crippen LogP contribution is -2.41. The molecule has 2 N–H and O–H groups in total. The summed E-state index contributed by atoms with van der Waals surface area (Å²) in [5.41, 5.74) is 0.0237. The summed E-state index contributed by atoms with van der Waals surface area (Å²) in [5.74, 6) is -0.236. The lowest BCUT2D eigenvalue weighted by Gasteiger charge is -2.18. The fourth-order valence-corrected chi connectivity index (χ4v) is 3.48. The monoisotopic (exact) mass is 403 g/mol. The Bertz CT molecular complexity index is 1340. The van der Waals surface area contributed by atoms with Crippen molar-refractivity contribution in [3.05, 3.63) is 81.1 Å². The van der Waals surface area contributed by atoms with Crippen LogP contribution in [0.1, 0.15) is 19.0 Å². The van der Waals surface area contributed by atoms with Gasteiger partial charge in [-0.15, -0.1) is 0 Å². The number of hydrogen-bond acceptors (Lipinski definition) is 5. The third-order valence-electron chi connectivity index (χ3n) is 5.12. The van der Waals surface area contributed by atoms with E-state index >= 15 is 0 Å². The minimum absolute atomic E-state index is 0.0217. The van der Waals surface area contributed by atoms with Crippen LogP contribution in [-0.4, -0.2) is 31.9 Å². The van der Waals surface area contributed by atoms with Gasteiger partial charge in [-0.2, -0.15) is 10.2 Å². The van der Waals surface area contributed by atoms with Crippen molar-refractivity contribution in [1.82, 2.24) is 25.3 Å². The number of hydrogen-bond donors (Lipinski definition) is 2. The average molecular weight is 403 g/mol. The van der Waals surface area contributed by atoms with Crippen molar-refractivity contribution >= 4 is 27.5 Å². The van der Waals surface area contributed by atoms with Crippen molar-refractivity contribution in [2.24, 2.45) is 0 Å². The zero-order chi connectivity index (χ0) is 21.1. The van der Waals surface area contributed by atoms with Crippen LogP contribution < -0.4 is 16.4 Å². The first-order chi connectivity index (χ1) is 14.6. The highest BCUT2D eigenvalue weighted by Gasteiger charge is 2.16. The Hall–Kier alpha value is -3.81. The summed E-state index contributed by atoms with van der Waals surface area (Å²) in [6.45, 7) is 2.20. The maximum absolute atomic E-state index is 12.7. The maximum atomic E-state index is 12.7. The molecule has 0 aliphatic heterocycles. The highest BCUT2D eigenvalue weighted by Crippen LogP contribution is 2.13. The number of aromatic amines is 1. The largest absolute Gasteiger partial charge is 0.351 e. The molecule has 0 fully saturated rings. The SMILES string of the molecule is CC[C@@H](Cn1ncc2ccccc2c1=O)NC(=O)Cc1n[nH]c(=O)c2ccccc12. The van der Waals surface area contributed by atoms with Crippen LogP contribution in [0.3, 0.4) is 0 Å². The number of rotatable bonds is 6. The quantitative estimate of drug-likeness (QED) is 0.510. The molecule has 2 aromatic heterocycles. The Labute approximate surface area is 171 Å². The van der Waals surface area contributed by atoms with Crippen LogP contribution in [0.25, 0.3) is 21.5 Å². The van der Waals surface area contributed by atoms with Gasteiger partial charge in [0.2, 0.25) is 5.91 Å².